The topological polar surface area (TPSA) is 107 Å². The lowest BCUT2D eigenvalue weighted by Gasteiger charge is -2.40. The monoisotopic (exact) mass is 518 g/mol. The average molecular weight is 518 g/mol. The van der Waals surface area contributed by atoms with Crippen molar-refractivity contribution < 1.29 is 40.6 Å². The number of amides is 2. The number of imidazole rings is 1. The molecular formula is C19H22B2F6N6O3. The van der Waals surface area contributed by atoms with Crippen LogP contribution in [0.4, 0.5) is 31.1 Å². The van der Waals surface area contributed by atoms with Crippen molar-refractivity contribution >= 4 is 27.4 Å². The van der Waals surface area contributed by atoms with Crippen molar-refractivity contribution in [1.29, 1.82) is 0 Å². The van der Waals surface area contributed by atoms with Crippen LogP contribution < -0.4 is 11.1 Å². The standard InChI is InChI=1S/C19H22B2F6N6O3/c1-16(2,19(25,26)27)36-7-10(28)11-6-32-13(30-11)4-9(5-29-32)12(8-35-3)33-15(34)31-14(17(33,20)21)18(22,23)24/h4-6,10,12,14H,7-8,28H2,1-3H3,(H,31,34)/t10-,12+,14?/m0/s1. The van der Waals surface area contributed by atoms with Crippen molar-refractivity contribution in [1.82, 2.24) is 24.8 Å². The molecule has 3 rings (SSSR count). The molecule has 36 heavy (non-hydrogen) atoms. The fraction of sp³-hybridized carbons (Fsp3) is 0.632. The zero-order chi connectivity index (χ0) is 27.3. The molecule has 2 aromatic rings. The fourth-order valence-corrected chi connectivity index (χ4v) is 3.59. The Balaban J connectivity index is 1.89. The Morgan fingerprint density at radius 1 is 1.22 bits per heavy atom. The van der Waals surface area contributed by atoms with E-state index in [1.807, 2.05) is 0 Å². The molecule has 3 atom stereocenters. The summed E-state index contributed by atoms with van der Waals surface area (Å²) < 4.78 is 90.5. The second kappa shape index (κ2) is 9.41. The summed E-state index contributed by atoms with van der Waals surface area (Å²) in [5, 5.41) is 3.19. The Morgan fingerprint density at radius 2 is 1.86 bits per heavy atom. The van der Waals surface area contributed by atoms with Gasteiger partial charge in [0.2, 0.25) is 0 Å². The van der Waals surface area contributed by atoms with Gasteiger partial charge in [-0.2, -0.15) is 31.4 Å². The summed E-state index contributed by atoms with van der Waals surface area (Å²) in [6.45, 7) is 0.921. The highest BCUT2D eigenvalue weighted by Gasteiger charge is 2.59. The van der Waals surface area contributed by atoms with Crippen LogP contribution in [0.15, 0.2) is 18.5 Å². The Labute approximate surface area is 204 Å². The summed E-state index contributed by atoms with van der Waals surface area (Å²) in [5.41, 5.74) is 3.97. The lowest BCUT2D eigenvalue weighted by Crippen LogP contribution is -2.59. The molecule has 2 aromatic heterocycles. The molecule has 9 nitrogen and oxygen atoms in total. The van der Waals surface area contributed by atoms with Crippen LogP contribution in [0, 0.1) is 0 Å². The van der Waals surface area contributed by atoms with Crippen LogP contribution >= 0.6 is 0 Å². The second-order valence-electron chi connectivity index (χ2n) is 8.84. The molecule has 3 N–H and O–H groups in total. The predicted octanol–water partition coefficient (Wildman–Crippen LogP) is 1.72. The number of halogens is 6. The maximum Gasteiger partial charge on any atom is 0.416 e. The molecule has 1 saturated heterocycles. The van der Waals surface area contributed by atoms with E-state index in [-0.39, 0.29) is 23.5 Å². The van der Waals surface area contributed by atoms with E-state index < -0.39 is 54.1 Å². The number of nitrogens with one attached hydrogen (secondary N) is 1. The number of urea groups is 1. The number of fused-ring (bicyclic) bond motifs is 1. The normalized spacial score (nSPS) is 20.6. The minimum Gasteiger partial charge on any atom is -0.382 e. The maximum absolute atomic E-state index is 13.4. The van der Waals surface area contributed by atoms with E-state index in [2.05, 4.69) is 10.1 Å². The number of carbonyl (C=O) groups is 1. The van der Waals surface area contributed by atoms with E-state index in [1.165, 1.54) is 30.1 Å². The van der Waals surface area contributed by atoms with Gasteiger partial charge in [-0.3, -0.25) is 0 Å². The number of aromatic nitrogens is 3. The Kier molecular flexibility index (Phi) is 7.34. The first-order chi connectivity index (χ1) is 16.4. The molecule has 0 bridgehead atoms. The first-order valence-electron chi connectivity index (χ1n) is 10.4. The highest BCUT2D eigenvalue weighted by atomic mass is 19.4. The van der Waals surface area contributed by atoms with Crippen LogP contribution in [0.2, 0.25) is 0 Å². The van der Waals surface area contributed by atoms with Gasteiger partial charge in [0, 0.05) is 12.7 Å². The van der Waals surface area contributed by atoms with Crippen molar-refractivity contribution in [2.24, 2.45) is 5.73 Å². The third kappa shape index (κ3) is 5.27. The van der Waals surface area contributed by atoms with Crippen LogP contribution in [0.5, 0.6) is 0 Å². The molecule has 0 spiro atoms. The molecule has 1 aliphatic rings. The number of hydrogen-bond acceptors (Lipinski definition) is 6. The van der Waals surface area contributed by atoms with Crippen LogP contribution in [0.3, 0.4) is 0 Å². The maximum atomic E-state index is 13.4. The van der Waals surface area contributed by atoms with E-state index in [4.69, 9.17) is 30.9 Å². The Bertz CT molecular complexity index is 1110. The van der Waals surface area contributed by atoms with Crippen LogP contribution in [-0.2, 0) is 9.47 Å². The summed E-state index contributed by atoms with van der Waals surface area (Å²) >= 11 is 0. The van der Waals surface area contributed by atoms with Crippen molar-refractivity contribution in [3.05, 3.63) is 29.7 Å². The van der Waals surface area contributed by atoms with Crippen LogP contribution in [0.25, 0.3) is 5.65 Å². The number of hydrogen-bond donors (Lipinski definition) is 2. The smallest absolute Gasteiger partial charge is 0.382 e. The van der Waals surface area contributed by atoms with Gasteiger partial charge in [-0.05, 0) is 25.3 Å². The molecule has 1 unspecified atom stereocenters. The number of rotatable bonds is 8. The van der Waals surface area contributed by atoms with E-state index >= 15 is 0 Å². The molecule has 0 saturated carbocycles. The Hall–Kier alpha value is -2.52. The van der Waals surface area contributed by atoms with E-state index in [0.717, 1.165) is 13.8 Å². The van der Waals surface area contributed by atoms with Crippen molar-refractivity contribution in [2.45, 2.75) is 55.3 Å². The number of methoxy groups -OCH3 is 1. The summed E-state index contributed by atoms with van der Waals surface area (Å²) in [5.74, 6) is 0. The van der Waals surface area contributed by atoms with Crippen molar-refractivity contribution in [2.75, 3.05) is 20.3 Å². The summed E-state index contributed by atoms with van der Waals surface area (Å²) in [6, 6.07) is -4.58. The molecule has 1 fully saturated rings. The number of nitrogens with two attached hydrogens (primary N) is 1. The first kappa shape index (κ1) is 28.1. The molecule has 0 aromatic carbocycles. The minimum absolute atomic E-state index is 0.140. The van der Waals surface area contributed by atoms with Gasteiger partial charge >= 0.3 is 18.4 Å². The van der Waals surface area contributed by atoms with Gasteiger partial charge in [0.15, 0.2) is 11.2 Å². The molecule has 3 heterocycles. The van der Waals surface area contributed by atoms with Gasteiger partial charge in [0.25, 0.3) is 0 Å². The number of ether oxygens (including phenoxy) is 2. The number of nitrogens with zero attached hydrogens (tertiary/aromatic N) is 4. The quantitative estimate of drug-likeness (QED) is 0.408. The van der Waals surface area contributed by atoms with Crippen LogP contribution in [-0.4, -0.2) is 90.9 Å². The zero-order valence-corrected chi connectivity index (χ0v) is 19.4. The fourth-order valence-electron chi connectivity index (χ4n) is 3.59. The minimum atomic E-state index is -4.93. The highest BCUT2D eigenvalue weighted by Crippen LogP contribution is 2.38. The third-order valence-corrected chi connectivity index (χ3v) is 5.76. The SMILES string of the molecule is [B]C1([B])C(C(F)(F)F)NC(=O)N1[C@H](COC)c1cnn2cc([C@@H](N)COC(C)(C)C(F)(F)F)nc2c1. The lowest BCUT2D eigenvalue weighted by atomic mass is 9.56. The largest absolute Gasteiger partial charge is 0.416 e. The van der Waals surface area contributed by atoms with E-state index in [1.54, 1.807) is 5.32 Å². The molecule has 194 valence electrons. The highest BCUT2D eigenvalue weighted by molar-refractivity contribution is 6.42. The van der Waals surface area contributed by atoms with Gasteiger partial charge in [-0.15, -0.1) is 0 Å². The zero-order valence-electron chi connectivity index (χ0n) is 19.4. The Morgan fingerprint density at radius 3 is 2.39 bits per heavy atom. The molecule has 2 amide bonds. The van der Waals surface area contributed by atoms with Gasteiger partial charge in [0.05, 0.1) is 59.1 Å². The summed E-state index contributed by atoms with van der Waals surface area (Å²) in [6.07, 6.45) is -6.95. The first-order valence-corrected chi connectivity index (χ1v) is 10.4. The van der Waals surface area contributed by atoms with Gasteiger partial charge in [0.1, 0.15) is 6.04 Å². The molecule has 0 aliphatic carbocycles. The predicted molar refractivity (Wildman–Crippen MR) is 115 cm³/mol. The van der Waals surface area contributed by atoms with Gasteiger partial charge in [-0.1, -0.05) is 0 Å². The lowest BCUT2D eigenvalue weighted by molar-refractivity contribution is -0.264. The second-order valence-corrected chi connectivity index (χ2v) is 8.84. The number of alkyl halides is 6. The van der Waals surface area contributed by atoms with Gasteiger partial charge < -0.3 is 25.4 Å². The van der Waals surface area contributed by atoms with Crippen molar-refractivity contribution in [3.63, 3.8) is 0 Å². The molecular weight excluding hydrogens is 496 g/mol. The van der Waals surface area contributed by atoms with Crippen molar-refractivity contribution in [3.8, 4) is 0 Å². The molecule has 17 heteroatoms. The third-order valence-electron chi connectivity index (χ3n) is 5.76. The van der Waals surface area contributed by atoms with E-state index in [9.17, 15) is 31.1 Å². The van der Waals surface area contributed by atoms with Gasteiger partial charge in [-0.25, -0.2) is 14.3 Å². The average Bonchev–Trinajstić information content (AvgIpc) is 3.27. The summed E-state index contributed by atoms with van der Waals surface area (Å²) in [7, 11) is 12.8. The molecule has 4 radical (unpaired) electrons. The molecule has 1 aliphatic heterocycles. The summed E-state index contributed by atoms with van der Waals surface area (Å²) in [4.78, 5) is 17.3. The van der Waals surface area contributed by atoms with E-state index in [0.29, 0.717) is 4.90 Å². The van der Waals surface area contributed by atoms with Crippen LogP contribution in [0.1, 0.15) is 37.2 Å². The number of carbonyl (C=O) groups excluding carboxylic acids is 1.